The van der Waals surface area contributed by atoms with Crippen molar-refractivity contribution in [2.24, 2.45) is 17.8 Å². The van der Waals surface area contributed by atoms with E-state index in [0.29, 0.717) is 44.3 Å². The van der Waals surface area contributed by atoms with Crippen molar-refractivity contribution in [2.75, 3.05) is 26.2 Å². The zero-order valence-corrected chi connectivity index (χ0v) is 13.9. The van der Waals surface area contributed by atoms with E-state index in [4.69, 9.17) is 5.11 Å². The van der Waals surface area contributed by atoms with Crippen molar-refractivity contribution in [3.8, 4) is 0 Å². The van der Waals surface area contributed by atoms with Crippen molar-refractivity contribution < 1.29 is 23.1 Å². The fourth-order valence-corrected chi connectivity index (χ4v) is 3.88. The highest BCUT2D eigenvalue weighted by molar-refractivity contribution is 5.65. The minimum absolute atomic E-state index is 0.153. The van der Waals surface area contributed by atoms with Gasteiger partial charge in [0.15, 0.2) is 0 Å². The molecule has 4 nitrogen and oxygen atoms in total. The summed E-state index contributed by atoms with van der Waals surface area (Å²) in [6.45, 7) is 6.59. The Morgan fingerprint density at radius 1 is 1.17 bits per heavy atom. The number of hydrogen-bond acceptors (Lipinski definition) is 2. The fourth-order valence-electron chi connectivity index (χ4n) is 3.88. The summed E-state index contributed by atoms with van der Waals surface area (Å²) in [6.07, 6.45) is -3.24. The highest BCUT2D eigenvalue weighted by Gasteiger charge is 2.42. The van der Waals surface area contributed by atoms with Crippen LogP contribution < -0.4 is 0 Å². The molecule has 0 aromatic heterocycles. The van der Waals surface area contributed by atoms with Crippen LogP contribution in [0.5, 0.6) is 0 Å². The number of nitrogens with zero attached hydrogens (tertiary/aromatic N) is 2. The lowest BCUT2D eigenvalue weighted by atomic mass is 9.81. The molecular formula is C16H27F3N2O2. The van der Waals surface area contributed by atoms with Gasteiger partial charge < -0.3 is 10.0 Å². The van der Waals surface area contributed by atoms with Gasteiger partial charge in [0.2, 0.25) is 0 Å². The van der Waals surface area contributed by atoms with Crippen molar-refractivity contribution in [1.82, 2.24) is 9.80 Å². The second-order valence-corrected chi connectivity index (χ2v) is 7.29. The molecule has 23 heavy (non-hydrogen) atoms. The second kappa shape index (κ2) is 7.28. The van der Waals surface area contributed by atoms with Crippen LogP contribution >= 0.6 is 0 Å². The third kappa shape index (κ3) is 4.75. The predicted molar refractivity (Wildman–Crippen MR) is 81.3 cm³/mol. The first-order valence-corrected chi connectivity index (χ1v) is 8.47. The third-order valence-corrected chi connectivity index (χ3v) is 5.38. The Morgan fingerprint density at radius 3 is 2.26 bits per heavy atom. The molecule has 1 aliphatic carbocycles. The maximum Gasteiger partial charge on any atom is 0.407 e. The van der Waals surface area contributed by atoms with Crippen molar-refractivity contribution in [3.63, 3.8) is 0 Å². The first-order chi connectivity index (χ1) is 10.7. The lowest BCUT2D eigenvalue weighted by Crippen LogP contribution is -2.57. The molecular weight excluding hydrogens is 309 g/mol. The van der Waals surface area contributed by atoms with Gasteiger partial charge in [-0.05, 0) is 37.5 Å². The zero-order chi connectivity index (χ0) is 17.2. The van der Waals surface area contributed by atoms with Crippen LogP contribution in [-0.4, -0.2) is 59.4 Å². The van der Waals surface area contributed by atoms with Gasteiger partial charge in [0, 0.05) is 32.2 Å². The standard InChI is InChI=1S/C16H27F3N2O2/c1-11(2)14-10-21(15(22)23)8-7-20(14)9-12-3-5-13(6-4-12)16(17,18)19/h11-14H,3-10H2,1-2H3,(H,22,23). The number of hydrogen-bond donors (Lipinski definition) is 1. The van der Waals surface area contributed by atoms with Gasteiger partial charge in [-0.1, -0.05) is 13.8 Å². The van der Waals surface area contributed by atoms with E-state index in [9.17, 15) is 18.0 Å². The fraction of sp³-hybridized carbons (Fsp3) is 0.938. The van der Waals surface area contributed by atoms with Crippen LogP contribution in [0, 0.1) is 17.8 Å². The number of carbonyl (C=O) groups is 1. The zero-order valence-electron chi connectivity index (χ0n) is 13.9. The number of rotatable bonds is 3. The molecule has 0 aromatic rings. The van der Waals surface area contributed by atoms with Crippen LogP contribution in [0.4, 0.5) is 18.0 Å². The molecule has 1 saturated carbocycles. The van der Waals surface area contributed by atoms with Gasteiger partial charge >= 0.3 is 12.3 Å². The van der Waals surface area contributed by atoms with E-state index in [0.717, 1.165) is 6.54 Å². The second-order valence-electron chi connectivity index (χ2n) is 7.29. The minimum atomic E-state index is -4.06. The maximum atomic E-state index is 12.7. The monoisotopic (exact) mass is 336 g/mol. The Morgan fingerprint density at radius 2 is 1.78 bits per heavy atom. The van der Waals surface area contributed by atoms with Crippen molar-refractivity contribution in [3.05, 3.63) is 0 Å². The van der Waals surface area contributed by atoms with E-state index >= 15 is 0 Å². The molecule has 1 saturated heterocycles. The highest BCUT2D eigenvalue weighted by Crippen LogP contribution is 2.40. The van der Waals surface area contributed by atoms with E-state index in [2.05, 4.69) is 18.7 Å². The van der Waals surface area contributed by atoms with Crippen LogP contribution in [0.1, 0.15) is 39.5 Å². The molecule has 0 spiro atoms. The third-order valence-electron chi connectivity index (χ3n) is 5.38. The van der Waals surface area contributed by atoms with Gasteiger partial charge in [0.25, 0.3) is 0 Å². The van der Waals surface area contributed by atoms with E-state index in [1.165, 1.54) is 4.90 Å². The average molecular weight is 336 g/mol. The smallest absolute Gasteiger partial charge is 0.407 e. The van der Waals surface area contributed by atoms with Gasteiger partial charge in [0.1, 0.15) is 0 Å². The molecule has 1 amide bonds. The normalized spacial score (nSPS) is 30.7. The molecule has 2 aliphatic rings. The van der Waals surface area contributed by atoms with Gasteiger partial charge in [-0.2, -0.15) is 13.2 Å². The molecule has 134 valence electrons. The molecule has 1 aliphatic heterocycles. The molecule has 0 bridgehead atoms. The highest BCUT2D eigenvalue weighted by atomic mass is 19.4. The van der Waals surface area contributed by atoms with Gasteiger partial charge in [-0.15, -0.1) is 0 Å². The van der Waals surface area contributed by atoms with Crippen LogP contribution in [0.15, 0.2) is 0 Å². The molecule has 0 radical (unpaired) electrons. The summed E-state index contributed by atoms with van der Waals surface area (Å²) in [5, 5.41) is 9.15. The largest absolute Gasteiger partial charge is 0.465 e. The summed E-state index contributed by atoms with van der Waals surface area (Å²) in [4.78, 5) is 14.9. The van der Waals surface area contributed by atoms with Gasteiger partial charge in [0.05, 0.1) is 5.92 Å². The summed E-state index contributed by atoms with van der Waals surface area (Å²) in [5.74, 6) is -0.515. The van der Waals surface area contributed by atoms with Crippen LogP contribution in [0.2, 0.25) is 0 Å². The van der Waals surface area contributed by atoms with E-state index in [1.54, 1.807) is 0 Å². The minimum Gasteiger partial charge on any atom is -0.465 e. The summed E-state index contributed by atoms with van der Waals surface area (Å²) in [5.41, 5.74) is 0. The van der Waals surface area contributed by atoms with Gasteiger partial charge in [-0.25, -0.2) is 4.79 Å². The van der Waals surface area contributed by atoms with E-state index < -0.39 is 18.2 Å². The van der Waals surface area contributed by atoms with Crippen LogP contribution in [0.25, 0.3) is 0 Å². The van der Waals surface area contributed by atoms with E-state index in [-0.39, 0.29) is 18.9 Å². The molecule has 2 fully saturated rings. The predicted octanol–water partition coefficient (Wildman–Crippen LogP) is 3.68. The molecule has 1 N–H and O–H groups in total. The first-order valence-electron chi connectivity index (χ1n) is 8.47. The summed E-state index contributed by atoms with van der Waals surface area (Å²) in [6, 6.07) is 0.153. The molecule has 0 aromatic carbocycles. The SMILES string of the molecule is CC(C)C1CN(C(=O)O)CCN1CC1CCC(C(F)(F)F)CC1. The molecule has 1 heterocycles. The van der Waals surface area contributed by atoms with Crippen molar-refractivity contribution >= 4 is 6.09 Å². The number of halogens is 3. The summed E-state index contributed by atoms with van der Waals surface area (Å²) in [7, 11) is 0. The Bertz CT molecular complexity index is 407. The molecule has 7 heteroatoms. The molecule has 2 rings (SSSR count). The van der Waals surface area contributed by atoms with E-state index in [1.807, 2.05) is 0 Å². The number of amides is 1. The summed E-state index contributed by atoms with van der Waals surface area (Å²) >= 11 is 0. The number of piperazine rings is 1. The Balaban J connectivity index is 1.88. The molecule has 1 unspecified atom stereocenters. The quantitative estimate of drug-likeness (QED) is 0.855. The van der Waals surface area contributed by atoms with Crippen molar-refractivity contribution in [1.29, 1.82) is 0 Å². The van der Waals surface area contributed by atoms with Gasteiger partial charge in [-0.3, -0.25) is 4.90 Å². The van der Waals surface area contributed by atoms with Crippen LogP contribution in [0.3, 0.4) is 0 Å². The Kier molecular flexibility index (Phi) is 5.81. The Labute approximate surface area is 135 Å². The number of alkyl halides is 3. The number of carboxylic acid groups (broad SMARTS) is 1. The van der Waals surface area contributed by atoms with Crippen LogP contribution in [-0.2, 0) is 0 Å². The lowest BCUT2D eigenvalue weighted by Gasteiger charge is -2.44. The first kappa shape index (κ1) is 18.4. The lowest BCUT2D eigenvalue weighted by molar-refractivity contribution is -0.184. The van der Waals surface area contributed by atoms with Crippen molar-refractivity contribution in [2.45, 2.75) is 51.7 Å². The average Bonchev–Trinajstić information content (AvgIpc) is 2.46. The summed E-state index contributed by atoms with van der Waals surface area (Å²) < 4.78 is 38.2. The topological polar surface area (TPSA) is 43.8 Å². The molecule has 1 atom stereocenters. The Hall–Kier alpha value is -0.980. The maximum absolute atomic E-state index is 12.7.